The van der Waals surface area contributed by atoms with Gasteiger partial charge >= 0.3 is 5.97 Å². The fourth-order valence-electron chi connectivity index (χ4n) is 6.92. The zero-order valence-corrected chi connectivity index (χ0v) is 40.4. The summed E-state index contributed by atoms with van der Waals surface area (Å²) in [6, 6.07) is 0. The monoisotopic (exact) mass is 854 g/mol. The third-order valence-corrected chi connectivity index (χ3v) is 11.7. The molecule has 0 aliphatic carbocycles. The lowest BCUT2D eigenvalue weighted by Gasteiger charge is -2.28. The molecule has 0 amide bonds. The first kappa shape index (κ1) is 57.7. The zero-order chi connectivity index (χ0) is 43.4. The molecule has 0 aromatic rings. The Bertz CT molecular complexity index is 1040. The van der Waals surface area contributed by atoms with Crippen LogP contribution in [0.5, 0.6) is 0 Å². The van der Waals surface area contributed by atoms with Crippen molar-refractivity contribution in [2.75, 3.05) is 54.1 Å². The Morgan fingerprint density at radius 2 is 0.983 bits per heavy atom. The number of allylic oxidation sites excluding steroid dienone is 6. The minimum Gasteiger partial charge on any atom is -0.756 e. The van der Waals surface area contributed by atoms with Gasteiger partial charge in [-0.25, -0.2) is 0 Å². The van der Waals surface area contributed by atoms with Crippen molar-refractivity contribution >= 4 is 13.8 Å². The number of likely N-dealkylation sites (N-methyl/N-ethyl adjacent to an activating group) is 1. The van der Waals surface area contributed by atoms with Crippen LogP contribution in [0.25, 0.3) is 0 Å². The summed E-state index contributed by atoms with van der Waals surface area (Å²) >= 11 is 0. The summed E-state index contributed by atoms with van der Waals surface area (Å²) in [5.74, 6) is -0.348. The molecule has 0 N–H and O–H groups in total. The van der Waals surface area contributed by atoms with Gasteiger partial charge in [-0.3, -0.25) is 9.36 Å². The summed E-state index contributed by atoms with van der Waals surface area (Å²) in [6.45, 7) is 5.31. The molecule has 0 saturated carbocycles. The van der Waals surface area contributed by atoms with Crippen LogP contribution in [-0.4, -0.2) is 70.7 Å². The first-order valence-corrected chi connectivity index (χ1v) is 26.2. The predicted octanol–water partition coefficient (Wildman–Crippen LogP) is 14.3. The Kier molecular flexibility index (Phi) is 42.4. The van der Waals surface area contributed by atoms with E-state index in [9.17, 15) is 14.3 Å². The van der Waals surface area contributed by atoms with Crippen LogP contribution in [0, 0.1) is 0 Å². The standard InChI is InChI=1S/C50H96NO7P/c1-6-8-10-12-14-16-18-20-22-23-24-25-26-27-28-30-32-34-36-38-40-42-45-55-47-49(48-57-59(53,54)56-46-44-51(3,4)5)58-50(52)43-41-39-37-35-33-31-29-21-19-17-15-13-11-9-7-2/h9,11,15,17,21,29,49H,6-8,10,12-14,16,18-20,22-28,30-48H2,1-5H3/b11-9-,17-15-,29-21-. The van der Waals surface area contributed by atoms with Gasteiger partial charge in [-0.15, -0.1) is 0 Å². The molecule has 0 bridgehead atoms. The number of quaternary nitrogens is 1. The van der Waals surface area contributed by atoms with Gasteiger partial charge in [0.25, 0.3) is 7.82 Å². The summed E-state index contributed by atoms with van der Waals surface area (Å²) in [4.78, 5) is 25.1. The van der Waals surface area contributed by atoms with Crippen LogP contribution in [0.15, 0.2) is 36.5 Å². The molecule has 0 saturated heterocycles. The number of carbonyl (C=O) groups excluding carboxylic acids is 1. The zero-order valence-electron chi connectivity index (χ0n) is 39.5. The maximum absolute atomic E-state index is 12.7. The van der Waals surface area contributed by atoms with E-state index in [0.717, 1.165) is 70.6 Å². The third kappa shape index (κ3) is 47.6. The second-order valence-corrected chi connectivity index (χ2v) is 19.2. The van der Waals surface area contributed by atoms with Crippen LogP contribution in [0.1, 0.15) is 219 Å². The molecular weight excluding hydrogens is 758 g/mol. The second kappa shape index (κ2) is 43.4. The Hall–Kier alpha value is -1.28. The van der Waals surface area contributed by atoms with Crippen molar-refractivity contribution in [2.45, 2.75) is 225 Å². The smallest absolute Gasteiger partial charge is 0.306 e. The molecule has 0 radical (unpaired) electrons. The van der Waals surface area contributed by atoms with Crippen LogP contribution in [-0.2, 0) is 27.9 Å². The number of carbonyl (C=O) groups is 1. The van der Waals surface area contributed by atoms with Crippen molar-refractivity contribution < 1.29 is 37.3 Å². The summed E-state index contributed by atoms with van der Waals surface area (Å²) in [6.07, 6.45) is 51.7. The Balaban J connectivity index is 4.11. The van der Waals surface area contributed by atoms with E-state index < -0.39 is 13.9 Å². The van der Waals surface area contributed by atoms with Gasteiger partial charge in [0.2, 0.25) is 0 Å². The van der Waals surface area contributed by atoms with E-state index in [2.05, 4.69) is 50.3 Å². The van der Waals surface area contributed by atoms with Gasteiger partial charge in [0, 0.05) is 13.0 Å². The highest BCUT2D eigenvalue weighted by atomic mass is 31.2. The quantitative estimate of drug-likeness (QED) is 0.0198. The molecule has 2 unspecified atom stereocenters. The van der Waals surface area contributed by atoms with E-state index in [0.29, 0.717) is 24.1 Å². The van der Waals surface area contributed by atoms with Crippen molar-refractivity contribution in [2.24, 2.45) is 0 Å². The van der Waals surface area contributed by atoms with Crippen LogP contribution in [0.3, 0.4) is 0 Å². The van der Waals surface area contributed by atoms with Crippen LogP contribution in [0.2, 0.25) is 0 Å². The fraction of sp³-hybridized carbons (Fsp3) is 0.860. The second-order valence-electron chi connectivity index (χ2n) is 17.8. The number of ether oxygens (including phenoxy) is 2. The van der Waals surface area contributed by atoms with Gasteiger partial charge in [0.05, 0.1) is 34.4 Å². The van der Waals surface area contributed by atoms with Gasteiger partial charge in [0.15, 0.2) is 0 Å². The first-order valence-electron chi connectivity index (χ1n) is 24.7. The summed E-state index contributed by atoms with van der Waals surface area (Å²) in [5.41, 5.74) is 0. The van der Waals surface area contributed by atoms with E-state index in [1.807, 2.05) is 21.1 Å². The fourth-order valence-corrected chi connectivity index (χ4v) is 7.64. The molecular formula is C50H96NO7P. The summed E-state index contributed by atoms with van der Waals surface area (Å²) in [5, 5.41) is 0. The van der Waals surface area contributed by atoms with E-state index >= 15 is 0 Å². The number of rotatable bonds is 46. The van der Waals surface area contributed by atoms with Crippen molar-refractivity contribution in [3.05, 3.63) is 36.5 Å². The SMILES string of the molecule is CC/C=C\C/C=C\C/C=C\CCCCCCCC(=O)OC(COCCCCCCCCCCCCCCCCCCCCCCCC)COP(=O)([O-])OCC[N+](C)(C)C. The highest BCUT2D eigenvalue weighted by Crippen LogP contribution is 2.38. The molecule has 0 rings (SSSR count). The van der Waals surface area contributed by atoms with Gasteiger partial charge in [-0.2, -0.15) is 0 Å². The lowest BCUT2D eigenvalue weighted by molar-refractivity contribution is -0.870. The molecule has 59 heavy (non-hydrogen) atoms. The lowest BCUT2D eigenvalue weighted by Crippen LogP contribution is -2.37. The molecule has 348 valence electrons. The summed E-state index contributed by atoms with van der Waals surface area (Å²) in [7, 11) is 1.35. The number of hydrogen-bond donors (Lipinski definition) is 0. The van der Waals surface area contributed by atoms with E-state index in [1.165, 1.54) is 128 Å². The molecule has 0 aliphatic heterocycles. The molecule has 0 spiro atoms. The molecule has 0 aliphatic rings. The molecule has 0 aromatic carbocycles. The van der Waals surface area contributed by atoms with Gasteiger partial charge in [0.1, 0.15) is 19.3 Å². The van der Waals surface area contributed by atoms with Gasteiger partial charge in [-0.1, -0.05) is 204 Å². The number of hydrogen-bond acceptors (Lipinski definition) is 7. The minimum absolute atomic E-state index is 0.0234. The van der Waals surface area contributed by atoms with E-state index in [4.69, 9.17) is 18.5 Å². The van der Waals surface area contributed by atoms with E-state index in [1.54, 1.807) is 0 Å². The molecule has 0 heterocycles. The summed E-state index contributed by atoms with van der Waals surface area (Å²) < 4.78 is 34.7. The maximum atomic E-state index is 12.7. The first-order chi connectivity index (χ1) is 28.6. The topological polar surface area (TPSA) is 94.1 Å². The van der Waals surface area contributed by atoms with Gasteiger partial charge in [-0.05, 0) is 44.9 Å². The lowest BCUT2D eigenvalue weighted by atomic mass is 10.0. The molecule has 8 nitrogen and oxygen atoms in total. The Morgan fingerprint density at radius 1 is 0.542 bits per heavy atom. The highest BCUT2D eigenvalue weighted by Gasteiger charge is 2.20. The van der Waals surface area contributed by atoms with Crippen molar-refractivity contribution in [3.8, 4) is 0 Å². The number of phosphoric acid groups is 1. The van der Waals surface area contributed by atoms with Crippen LogP contribution >= 0.6 is 7.82 Å². The third-order valence-electron chi connectivity index (χ3n) is 10.7. The minimum atomic E-state index is -4.53. The average molecular weight is 854 g/mol. The van der Waals surface area contributed by atoms with E-state index in [-0.39, 0.29) is 25.8 Å². The van der Waals surface area contributed by atoms with Gasteiger partial charge < -0.3 is 27.9 Å². The average Bonchev–Trinajstić information content (AvgIpc) is 3.19. The Morgan fingerprint density at radius 3 is 1.47 bits per heavy atom. The molecule has 2 atom stereocenters. The highest BCUT2D eigenvalue weighted by molar-refractivity contribution is 7.45. The molecule has 0 aromatic heterocycles. The molecule has 9 heteroatoms. The number of esters is 1. The van der Waals surface area contributed by atoms with Crippen molar-refractivity contribution in [1.29, 1.82) is 0 Å². The number of unbranched alkanes of at least 4 members (excludes halogenated alkanes) is 26. The maximum Gasteiger partial charge on any atom is 0.306 e. The normalized spacial score (nSPS) is 13.9. The number of phosphoric ester groups is 1. The van der Waals surface area contributed by atoms with Crippen LogP contribution in [0.4, 0.5) is 0 Å². The van der Waals surface area contributed by atoms with Crippen molar-refractivity contribution in [3.63, 3.8) is 0 Å². The van der Waals surface area contributed by atoms with Crippen LogP contribution < -0.4 is 4.89 Å². The largest absolute Gasteiger partial charge is 0.756 e. The molecule has 0 fully saturated rings. The Labute approximate surface area is 365 Å². The predicted molar refractivity (Wildman–Crippen MR) is 250 cm³/mol. The number of nitrogens with zero attached hydrogens (tertiary/aromatic N) is 1. The van der Waals surface area contributed by atoms with Crippen molar-refractivity contribution in [1.82, 2.24) is 0 Å².